The Hall–Kier alpha value is -2.24. The molecule has 2 aromatic carbocycles. The lowest BCUT2D eigenvalue weighted by Crippen LogP contribution is -2.50. The zero-order valence-electron chi connectivity index (χ0n) is 17.7. The van der Waals surface area contributed by atoms with E-state index >= 15 is 0 Å². The quantitative estimate of drug-likeness (QED) is 0.583. The number of aryl methyl sites for hydroxylation is 1. The molecule has 7 heteroatoms. The first-order valence-corrected chi connectivity index (χ1v) is 10.7. The monoisotopic (exact) mass is 450 g/mol. The van der Waals surface area contributed by atoms with E-state index in [-0.39, 0.29) is 31.0 Å². The molecule has 0 aliphatic heterocycles. The minimum Gasteiger partial charge on any atom is -0.484 e. The maximum absolute atomic E-state index is 13.0. The second-order valence-corrected chi connectivity index (χ2v) is 8.19. The van der Waals surface area contributed by atoms with Crippen LogP contribution < -0.4 is 10.1 Å². The molecule has 30 heavy (non-hydrogen) atoms. The molecule has 0 saturated heterocycles. The van der Waals surface area contributed by atoms with Gasteiger partial charge < -0.3 is 15.0 Å². The van der Waals surface area contributed by atoms with Gasteiger partial charge in [0.1, 0.15) is 11.8 Å². The highest BCUT2D eigenvalue weighted by molar-refractivity contribution is 6.31. The average Bonchev–Trinajstić information content (AvgIpc) is 2.73. The van der Waals surface area contributed by atoms with E-state index in [4.69, 9.17) is 27.9 Å². The molecule has 0 bridgehead atoms. The highest BCUT2D eigenvalue weighted by Crippen LogP contribution is 2.21. The van der Waals surface area contributed by atoms with Gasteiger partial charge in [0.05, 0.1) is 0 Å². The Bertz CT molecular complexity index is 871. The van der Waals surface area contributed by atoms with Crippen molar-refractivity contribution in [2.45, 2.75) is 52.7 Å². The summed E-state index contributed by atoms with van der Waals surface area (Å²) in [4.78, 5) is 27.2. The van der Waals surface area contributed by atoms with Crippen LogP contribution in [0.15, 0.2) is 42.5 Å². The van der Waals surface area contributed by atoms with E-state index in [9.17, 15) is 9.59 Å². The molecular weight excluding hydrogens is 423 g/mol. The highest BCUT2D eigenvalue weighted by Gasteiger charge is 2.27. The molecule has 0 aliphatic carbocycles. The molecule has 0 fully saturated rings. The molecule has 0 spiro atoms. The first-order chi connectivity index (χ1) is 14.2. The van der Waals surface area contributed by atoms with Crippen LogP contribution in [0.4, 0.5) is 0 Å². The summed E-state index contributed by atoms with van der Waals surface area (Å²) >= 11 is 12.0. The molecule has 2 rings (SSSR count). The fourth-order valence-electron chi connectivity index (χ4n) is 2.77. The Morgan fingerprint density at radius 3 is 2.37 bits per heavy atom. The summed E-state index contributed by atoms with van der Waals surface area (Å²) in [5, 5.41) is 4.18. The van der Waals surface area contributed by atoms with Crippen LogP contribution in [0.5, 0.6) is 5.75 Å². The second-order valence-electron chi connectivity index (χ2n) is 7.34. The summed E-state index contributed by atoms with van der Waals surface area (Å²) in [6, 6.07) is 11.8. The molecule has 5 nitrogen and oxygen atoms in total. The first-order valence-electron chi connectivity index (χ1n) is 9.94. The molecule has 2 amide bonds. The van der Waals surface area contributed by atoms with Gasteiger partial charge in [-0.2, -0.15) is 0 Å². The topological polar surface area (TPSA) is 58.6 Å². The molecule has 0 radical (unpaired) electrons. The molecule has 0 saturated carbocycles. The van der Waals surface area contributed by atoms with Gasteiger partial charge in [0, 0.05) is 22.6 Å². The van der Waals surface area contributed by atoms with Crippen LogP contribution in [0.2, 0.25) is 10.0 Å². The van der Waals surface area contributed by atoms with Crippen molar-refractivity contribution in [3.05, 3.63) is 63.6 Å². The van der Waals surface area contributed by atoms with Gasteiger partial charge in [-0.1, -0.05) is 42.3 Å². The minimum atomic E-state index is -0.655. The lowest BCUT2D eigenvalue weighted by atomic mass is 10.1. The number of hydrogen-bond acceptors (Lipinski definition) is 3. The fourth-order valence-corrected chi connectivity index (χ4v) is 3.01. The van der Waals surface area contributed by atoms with Crippen molar-refractivity contribution in [2.75, 3.05) is 6.61 Å². The zero-order chi connectivity index (χ0) is 22.3. The van der Waals surface area contributed by atoms with Crippen molar-refractivity contribution >= 4 is 35.0 Å². The van der Waals surface area contributed by atoms with Crippen molar-refractivity contribution in [1.82, 2.24) is 10.2 Å². The van der Waals surface area contributed by atoms with Gasteiger partial charge >= 0.3 is 0 Å². The van der Waals surface area contributed by atoms with Gasteiger partial charge in [-0.3, -0.25) is 9.59 Å². The molecule has 162 valence electrons. The van der Waals surface area contributed by atoms with E-state index in [2.05, 4.69) is 5.32 Å². The van der Waals surface area contributed by atoms with Gasteiger partial charge in [-0.15, -0.1) is 0 Å². The molecule has 0 aromatic heterocycles. The van der Waals surface area contributed by atoms with Crippen LogP contribution in [0.1, 0.15) is 38.3 Å². The van der Waals surface area contributed by atoms with E-state index in [1.165, 1.54) is 4.90 Å². The van der Waals surface area contributed by atoms with E-state index in [0.29, 0.717) is 15.8 Å². The standard InChI is InChI=1S/C23H28Cl2N2O3/c1-5-16(3)26-23(29)17(4)27(13-18-6-8-19(24)9-7-18)22(28)14-30-20-10-11-21(25)15(2)12-20/h6-12,16-17H,5,13-14H2,1-4H3,(H,26,29)/t16-,17+/m0/s1. The Labute approximate surface area is 188 Å². The summed E-state index contributed by atoms with van der Waals surface area (Å²) < 4.78 is 5.67. The molecule has 0 heterocycles. The summed E-state index contributed by atoms with van der Waals surface area (Å²) in [5.74, 6) is 0.0618. The number of rotatable bonds is 9. The Kier molecular flexibility index (Phi) is 9.00. The van der Waals surface area contributed by atoms with Crippen molar-refractivity contribution in [2.24, 2.45) is 0 Å². The first kappa shape index (κ1) is 24.0. The number of amides is 2. The number of nitrogens with zero attached hydrogens (tertiary/aromatic N) is 1. The van der Waals surface area contributed by atoms with Crippen molar-refractivity contribution in [3.8, 4) is 5.75 Å². The van der Waals surface area contributed by atoms with Crippen LogP contribution in [-0.4, -0.2) is 35.4 Å². The molecule has 2 aromatic rings. The molecule has 2 atom stereocenters. The number of carbonyl (C=O) groups excluding carboxylic acids is 2. The number of benzene rings is 2. The van der Waals surface area contributed by atoms with E-state index in [0.717, 1.165) is 17.5 Å². The van der Waals surface area contributed by atoms with Gasteiger partial charge in [0.2, 0.25) is 5.91 Å². The van der Waals surface area contributed by atoms with Crippen molar-refractivity contribution < 1.29 is 14.3 Å². The van der Waals surface area contributed by atoms with E-state index in [1.807, 2.05) is 32.9 Å². The lowest BCUT2D eigenvalue weighted by Gasteiger charge is -2.29. The van der Waals surface area contributed by atoms with Crippen molar-refractivity contribution in [3.63, 3.8) is 0 Å². The van der Waals surface area contributed by atoms with Crippen LogP contribution >= 0.6 is 23.2 Å². The van der Waals surface area contributed by atoms with Gasteiger partial charge in [0.25, 0.3) is 5.91 Å². The van der Waals surface area contributed by atoms with E-state index in [1.54, 1.807) is 37.3 Å². The summed E-state index contributed by atoms with van der Waals surface area (Å²) in [5.41, 5.74) is 1.74. The molecule has 0 aliphatic rings. The third kappa shape index (κ3) is 6.92. The molecule has 0 unspecified atom stereocenters. The Balaban J connectivity index is 2.15. The van der Waals surface area contributed by atoms with Gasteiger partial charge in [-0.05, 0) is 68.7 Å². The highest BCUT2D eigenvalue weighted by atomic mass is 35.5. The second kappa shape index (κ2) is 11.2. The maximum atomic E-state index is 13.0. The predicted octanol–water partition coefficient (Wildman–Crippen LogP) is 5.01. The van der Waals surface area contributed by atoms with Crippen molar-refractivity contribution in [1.29, 1.82) is 0 Å². The largest absolute Gasteiger partial charge is 0.484 e. The number of carbonyl (C=O) groups is 2. The number of nitrogens with one attached hydrogen (secondary N) is 1. The fraction of sp³-hybridized carbons (Fsp3) is 0.391. The normalized spacial score (nSPS) is 12.7. The van der Waals surface area contributed by atoms with Gasteiger partial charge in [-0.25, -0.2) is 0 Å². The van der Waals surface area contributed by atoms with Crippen LogP contribution in [-0.2, 0) is 16.1 Å². The number of hydrogen-bond donors (Lipinski definition) is 1. The number of halogens is 2. The third-order valence-electron chi connectivity index (χ3n) is 4.93. The van der Waals surface area contributed by atoms with Gasteiger partial charge in [0.15, 0.2) is 6.61 Å². The van der Waals surface area contributed by atoms with Crippen LogP contribution in [0.3, 0.4) is 0 Å². The zero-order valence-corrected chi connectivity index (χ0v) is 19.3. The predicted molar refractivity (Wildman–Crippen MR) is 121 cm³/mol. The molecule has 1 N–H and O–H groups in total. The summed E-state index contributed by atoms with van der Waals surface area (Å²) in [6.45, 7) is 7.60. The van der Waals surface area contributed by atoms with Crippen LogP contribution in [0.25, 0.3) is 0 Å². The smallest absolute Gasteiger partial charge is 0.261 e. The minimum absolute atomic E-state index is 0.0285. The third-order valence-corrected chi connectivity index (χ3v) is 5.60. The Morgan fingerprint density at radius 1 is 1.10 bits per heavy atom. The SMILES string of the molecule is CC[C@H](C)NC(=O)[C@@H](C)N(Cc1ccc(Cl)cc1)C(=O)COc1ccc(Cl)c(C)c1. The summed E-state index contributed by atoms with van der Waals surface area (Å²) in [6.07, 6.45) is 0.808. The Morgan fingerprint density at radius 2 is 1.77 bits per heavy atom. The molecular formula is C23H28Cl2N2O3. The maximum Gasteiger partial charge on any atom is 0.261 e. The average molecular weight is 451 g/mol. The number of ether oxygens (including phenoxy) is 1. The summed E-state index contributed by atoms with van der Waals surface area (Å²) in [7, 11) is 0. The lowest BCUT2D eigenvalue weighted by molar-refractivity contribution is -0.142. The van der Waals surface area contributed by atoms with E-state index < -0.39 is 6.04 Å². The van der Waals surface area contributed by atoms with Crippen LogP contribution in [0, 0.1) is 6.92 Å².